The zero-order valence-corrected chi connectivity index (χ0v) is 11.6. The molecule has 1 aromatic carbocycles. The average molecular weight is 305 g/mol. The SMILES string of the molecule is COc1cc(Cl)cc(C2CCCNC2)c1Br. The fraction of sp³-hybridized carbons (Fsp3) is 0.500. The highest BCUT2D eigenvalue weighted by atomic mass is 79.9. The van der Waals surface area contributed by atoms with Crippen LogP contribution in [-0.4, -0.2) is 20.2 Å². The van der Waals surface area contributed by atoms with Crippen LogP contribution in [0.3, 0.4) is 0 Å². The van der Waals surface area contributed by atoms with Crippen molar-refractivity contribution in [1.29, 1.82) is 0 Å². The van der Waals surface area contributed by atoms with E-state index in [0.717, 1.165) is 28.3 Å². The Kier molecular flexibility index (Phi) is 4.11. The Morgan fingerprint density at radius 2 is 2.31 bits per heavy atom. The Labute approximate surface area is 109 Å². The van der Waals surface area contributed by atoms with Crippen LogP contribution >= 0.6 is 27.5 Å². The van der Waals surface area contributed by atoms with Crippen LogP contribution in [0.15, 0.2) is 16.6 Å². The molecule has 1 aliphatic rings. The number of methoxy groups -OCH3 is 1. The summed E-state index contributed by atoms with van der Waals surface area (Å²) in [5.74, 6) is 1.34. The van der Waals surface area contributed by atoms with E-state index in [9.17, 15) is 0 Å². The van der Waals surface area contributed by atoms with Gasteiger partial charge in [-0.2, -0.15) is 0 Å². The Balaban J connectivity index is 2.34. The molecule has 88 valence electrons. The molecule has 1 heterocycles. The molecule has 1 fully saturated rings. The van der Waals surface area contributed by atoms with Crippen molar-refractivity contribution in [2.45, 2.75) is 18.8 Å². The normalized spacial score (nSPS) is 20.8. The standard InChI is InChI=1S/C12H15BrClNO/c1-16-11-6-9(14)5-10(12(11)13)8-3-2-4-15-7-8/h5-6,8,15H,2-4,7H2,1H3. The third-order valence-corrected chi connectivity index (χ3v) is 4.06. The highest BCUT2D eigenvalue weighted by Crippen LogP contribution is 2.38. The summed E-state index contributed by atoms with van der Waals surface area (Å²) in [6, 6.07) is 3.87. The van der Waals surface area contributed by atoms with Crippen LogP contribution in [0.25, 0.3) is 0 Å². The fourth-order valence-electron chi connectivity index (χ4n) is 2.15. The third-order valence-electron chi connectivity index (χ3n) is 2.99. The molecule has 1 unspecified atom stereocenters. The van der Waals surface area contributed by atoms with Gasteiger partial charge in [0.2, 0.25) is 0 Å². The largest absolute Gasteiger partial charge is 0.496 e. The fourth-order valence-corrected chi connectivity index (χ4v) is 3.08. The first-order valence-corrected chi connectivity index (χ1v) is 6.63. The summed E-state index contributed by atoms with van der Waals surface area (Å²) in [6.07, 6.45) is 2.42. The number of rotatable bonds is 2. The van der Waals surface area contributed by atoms with Crippen LogP contribution in [0.1, 0.15) is 24.3 Å². The minimum absolute atomic E-state index is 0.524. The first-order valence-electron chi connectivity index (χ1n) is 5.46. The molecule has 1 aromatic rings. The Bertz CT molecular complexity index is 378. The number of hydrogen-bond acceptors (Lipinski definition) is 2. The lowest BCUT2D eigenvalue weighted by Gasteiger charge is -2.25. The molecule has 0 aliphatic carbocycles. The summed E-state index contributed by atoms with van der Waals surface area (Å²) < 4.78 is 6.34. The summed E-state index contributed by atoms with van der Waals surface area (Å²) in [5.41, 5.74) is 1.25. The number of benzene rings is 1. The van der Waals surface area contributed by atoms with E-state index in [2.05, 4.69) is 21.2 Å². The van der Waals surface area contributed by atoms with Crippen molar-refractivity contribution in [1.82, 2.24) is 5.32 Å². The minimum atomic E-state index is 0.524. The van der Waals surface area contributed by atoms with E-state index >= 15 is 0 Å². The van der Waals surface area contributed by atoms with Gasteiger partial charge in [0.1, 0.15) is 5.75 Å². The number of piperidine rings is 1. The van der Waals surface area contributed by atoms with E-state index in [1.54, 1.807) is 7.11 Å². The predicted octanol–water partition coefficient (Wildman–Crippen LogP) is 3.58. The molecule has 2 rings (SSSR count). The summed E-state index contributed by atoms with van der Waals surface area (Å²) in [7, 11) is 1.67. The molecule has 0 amide bonds. The van der Waals surface area contributed by atoms with Crippen LogP contribution in [0.4, 0.5) is 0 Å². The Morgan fingerprint density at radius 3 is 2.94 bits per heavy atom. The lowest BCUT2D eigenvalue weighted by atomic mass is 9.91. The molecule has 2 nitrogen and oxygen atoms in total. The van der Waals surface area contributed by atoms with Crippen molar-refractivity contribution in [2.75, 3.05) is 20.2 Å². The molecule has 1 saturated heterocycles. The first-order chi connectivity index (χ1) is 7.72. The maximum Gasteiger partial charge on any atom is 0.134 e. The third kappa shape index (κ3) is 2.53. The second-order valence-electron chi connectivity index (χ2n) is 4.05. The molecule has 0 saturated carbocycles. The zero-order chi connectivity index (χ0) is 11.5. The lowest BCUT2D eigenvalue weighted by molar-refractivity contribution is 0.408. The van der Waals surface area contributed by atoms with Gasteiger partial charge in [0.15, 0.2) is 0 Å². The molecule has 4 heteroatoms. The molecule has 0 radical (unpaired) electrons. The highest BCUT2D eigenvalue weighted by molar-refractivity contribution is 9.10. The number of halogens is 2. The van der Waals surface area contributed by atoms with Gasteiger partial charge in [-0.15, -0.1) is 0 Å². The second kappa shape index (κ2) is 5.39. The van der Waals surface area contributed by atoms with Crippen LogP contribution in [-0.2, 0) is 0 Å². The van der Waals surface area contributed by atoms with E-state index in [0.29, 0.717) is 5.92 Å². The van der Waals surface area contributed by atoms with Gasteiger partial charge >= 0.3 is 0 Å². The van der Waals surface area contributed by atoms with Crippen LogP contribution in [0.5, 0.6) is 5.75 Å². The average Bonchev–Trinajstić information content (AvgIpc) is 2.33. The summed E-state index contributed by atoms with van der Waals surface area (Å²) >= 11 is 9.70. The Hall–Kier alpha value is -0.250. The van der Waals surface area contributed by atoms with Crippen molar-refractivity contribution < 1.29 is 4.74 Å². The molecule has 1 aliphatic heterocycles. The summed E-state index contributed by atoms with van der Waals surface area (Å²) in [4.78, 5) is 0. The van der Waals surface area contributed by atoms with Crippen molar-refractivity contribution in [3.8, 4) is 5.75 Å². The van der Waals surface area contributed by atoms with E-state index in [-0.39, 0.29) is 0 Å². The van der Waals surface area contributed by atoms with Gasteiger partial charge in [-0.25, -0.2) is 0 Å². The van der Waals surface area contributed by atoms with E-state index in [4.69, 9.17) is 16.3 Å². The van der Waals surface area contributed by atoms with Gasteiger partial charge < -0.3 is 10.1 Å². The van der Waals surface area contributed by atoms with Crippen LogP contribution < -0.4 is 10.1 Å². The second-order valence-corrected chi connectivity index (χ2v) is 5.28. The summed E-state index contributed by atoms with van der Waals surface area (Å²) in [5, 5.41) is 4.15. The molecular formula is C12H15BrClNO. The van der Waals surface area contributed by atoms with Gasteiger partial charge in [-0.05, 0) is 58.9 Å². The molecule has 0 bridgehead atoms. The molecular weight excluding hydrogens is 289 g/mol. The zero-order valence-electron chi connectivity index (χ0n) is 9.22. The van der Waals surface area contributed by atoms with Gasteiger partial charge in [0, 0.05) is 11.6 Å². The smallest absolute Gasteiger partial charge is 0.134 e. The first kappa shape index (κ1) is 12.2. The Morgan fingerprint density at radius 1 is 1.50 bits per heavy atom. The monoisotopic (exact) mass is 303 g/mol. The van der Waals surface area contributed by atoms with Crippen LogP contribution in [0, 0.1) is 0 Å². The van der Waals surface area contributed by atoms with Gasteiger partial charge in [0.05, 0.1) is 11.6 Å². The lowest BCUT2D eigenvalue weighted by Crippen LogP contribution is -2.28. The van der Waals surface area contributed by atoms with Crippen molar-refractivity contribution >= 4 is 27.5 Å². The van der Waals surface area contributed by atoms with Gasteiger partial charge in [-0.3, -0.25) is 0 Å². The maximum absolute atomic E-state index is 6.10. The van der Waals surface area contributed by atoms with E-state index < -0.39 is 0 Å². The van der Waals surface area contributed by atoms with Crippen molar-refractivity contribution in [3.05, 3.63) is 27.2 Å². The molecule has 1 N–H and O–H groups in total. The molecule has 1 atom stereocenters. The number of ether oxygens (including phenoxy) is 1. The molecule has 16 heavy (non-hydrogen) atoms. The van der Waals surface area contributed by atoms with E-state index in [1.807, 2.05) is 12.1 Å². The quantitative estimate of drug-likeness (QED) is 0.902. The van der Waals surface area contributed by atoms with Crippen LogP contribution in [0.2, 0.25) is 5.02 Å². The predicted molar refractivity (Wildman–Crippen MR) is 70.5 cm³/mol. The van der Waals surface area contributed by atoms with Gasteiger partial charge in [0.25, 0.3) is 0 Å². The summed E-state index contributed by atoms with van der Waals surface area (Å²) in [6.45, 7) is 2.13. The minimum Gasteiger partial charge on any atom is -0.496 e. The van der Waals surface area contributed by atoms with E-state index in [1.165, 1.54) is 18.4 Å². The molecule has 0 aromatic heterocycles. The van der Waals surface area contributed by atoms with Crippen molar-refractivity contribution in [3.63, 3.8) is 0 Å². The highest BCUT2D eigenvalue weighted by Gasteiger charge is 2.20. The van der Waals surface area contributed by atoms with Crippen molar-refractivity contribution in [2.24, 2.45) is 0 Å². The maximum atomic E-state index is 6.10. The number of hydrogen-bond donors (Lipinski definition) is 1. The topological polar surface area (TPSA) is 21.3 Å². The molecule has 0 spiro atoms. The number of nitrogens with one attached hydrogen (secondary N) is 1. The van der Waals surface area contributed by atoms with Gasteiger partial charge in [-0.1, -0.05) is 11.6 Å².